The Labute approximate surface area is 312 Å². The van der Waals surface area contributed by atoms with Crippen molar-refractivity contribution in [1.29, 1.82) is 0 Å². The van der Waals surface area contributed by atoms with Gasteiger partial charge in [0.25, 0.3) is 0 Å². The highest BCUT2D eigenvalue weighted by Gasteiger charge is 2.88. The van der Waals surface area contributed by atoms with Crippen molar-refractivity contribution in [3.8, 4) is 11.5 Å². The third-order valence-electron chi connectivity index (χ3n) is 7.50. The summed E-state index contributed by atoms with van der Waals surface area (Å²) in [6, 6.07) is 0.324. The first-order valence-electron chi connectivity index (χ1n) is 14.9. The lowest BCUT2D eigenvalue weighted by atomic mass is 9.95. The van der Waals surface area contributed by atoms with Gasteiger partial charge in [0, 0.05) is 18.2 Å². The van der Waals surface area contributed by atoms with E-state index in [1.165, 1.54) is 0 Å². The summed E-state index contributed by atoms with van der Waals surface area (Å²) in [6.07, 6.45) is -40.7. The van der Waals surface area contributed by atoms with E-state index in [9.17, 15) is 124 Å². The number of benzene rings is 1. The van der Waals surface area contributed by atoms with Gasteiger partial charge in [0.1, 0.15) is 5.56 Å². The summed E-state index contributed by atoms with van der Waals surface area (Å²) in [5, 5.41) is -1.04. The molecule has 2 aromatic rings. The Morgan fingerprint density at radius 3 is 1.28 bits per heavy atom. The number of hydrogen-bond donors (Lipinski definition) is 0. The summed E-state index contributed by atoms with van der Waals surface area (Å²) in [6.45, 7) is 0.608. The molecule has 0 aliphatic heterocycles. The van der Waals surface area contributed by atoms with Crippen LogP contribution in [0.5, 0.6) is 11.5 Å². The van der Waals surface area contributed by atoms with Crippen LogP contribution >= 0.6 is 0 Å². The van der Waals surface area contributed by atoms with Crippen molar-refractivity contribution in [3.63, 3.8) is 0 Å². The topological polar surface area (TPSA) is 75.0 Å². The molecule has 1 heterocycles. The number of hydrogen-bond acceptors (Lipinski definition) is 6. The molecule has 1 aromatic carbocycles. The Kier molecular flexibility index (Phi) is 13.4. The van der Waals surface area contributed by atoms with Gasteiger partial charge in [-0.3, -0.25) is 0 Å². The average Bonchev–Trinajstić information content (AvgIpc) is 3.06. The first-order chi connectivity index (χ1) is 26.3. The highest BCUT2D eigenvalue weighted by Crippen LogP contribution is 2.60. The van der Waals surface area contributed by atoms with Crippen LogP contribution in [0.15, 0.2) is 27.4 Å². The van der Waals surface area contributed by atoms with E-state index in [0.29, 0.717) is 0 Å². The number of rotatable bonds is 18. The van der Waals surface area contributed by atoms with Gasteiger partial charge in [-0.15, -0.1) is 0 Å². The molecule has 1 aromatic heterocycles. The fourth-order valence-electron chi connectivity index (χ4n) is 4.21. The molecule has 0 aliphatic rings. The predicted octanol–water partition coefficient (Wildman–Crippen LogP) is 11.7. The maximum Gasteiger partial charge on any atom is 0.460 e. The van der Waals surface area contributed by atoms with Gasteiger partial charge in [-0.25, -0.2) is 9.59 Å². The highest BCUT2D eigenvalue weighted by atomic mass is 19.4. The number of fused-ring (bicyclic) bond motifs is 1. The molecular weight excluding hydrogens is 926 g/mol. The number of ether oxygens (including phenoxy) is 3. The third-order valence-corrected chi connectivity index (χ3v) is 7.50. The first-order valence-corrected chi connectivity index (χ1v) is 14.9. The summed E-state index contributed by atoms with van der Waals surface area (Å²) < 4.78 is 368. The Morgan fingerprint density at radius 2 is 0.917 bits per heavy atom. The van der Waals surface area contributed by atoms with Crippen molar-refractivity contribution in [2.24, 2.45) is 0 Å². The zero-order chi connectivity index (χ0) is 47.5. The molecule has 0 saturated carbocycles. The van der Waals surface area contributed by atoms with E-state index < -0.39 is 144 Å². The minimum atomic E-state index is -8.12. The smallest absolute Gasteiger partial charge is 0.460 e. The monoisotopic (exact) mass is 942 g/mol. The van der Waals surface area contributed by atoms with E-state index in [-0.39, 0.29) is 18.2 Å². The Morgan fingerprint density at radius 1 is 0.533 bits per heavy atom. The summed E-state index contributed by atoms with van der Waals surface area (Å²) in [4.78, 5) is 24.4. The standard InChI is InChI=1S/C28H16F26O6/c1-2-57-15(55)11-9-10-3-4-12(59-19(33,34)7-5-17(29,30)21(37,38)23(41,42)25(45,46)27(49,50)51)14(13(10)58-16(11)56)60-20(35,36)8-6-18(31,32)22(39,40)24(43,44)26(47,48)28(52,53)54/h3-4,9H,2,5-8H2,1H3. The van der Waals surface area contributed by atoms with E-state index in [2.05, 4.69) is 18.6 Å². The van der Waals surface area contributed by atoms with Crippen molar-refractivity contribution in [3.05, 3.63) is 34.2 Å². The number of esters is 1. The fraction of sp³-hybridized carbons (Fsp3) is 0.643. The molecule has 0 unspecified atom stereocenters. The van der Waals surface area contributed by atoms with Gasteiger partial charge in [-0.2, -0.15) is 114 Å². The van der Waals surface area contributed by atoms with Crippen LogP contribution < -0.4 is 15.1 Å². The van der Waals surface area contributed by atoms with Crippen molar-refractivity contribution in [1.82, 2.24) is 0 Å². The molecule has 2 rings (SSSR count). The van der Waals surface area contributed by atoms with E-state index in [4.69, 9.17) is 0 Å². The number of alkyl halides is 26. The van der Waals surface area contributed by atoms with Crippen molar-refractivity contribution >= 4 is 16.9 Å². The third kappa shape index (κ3) is 9.14. The molecule has 0 fully saturated rings. The Balaban J connectivity index is 2.65. The number of carbonyl (C=O) groups excluding carboxylic acids is 1. The molecule has 60 heavy (non-hydrogen) atoms. The van der Waals surface area contributed by atoms with E-state index in [1.807, 2.05) is 0 Å². The van der Waals surface area contributed by atoms with Crippen LogP contribution in [-0.2, 0) is 4.74 Å². The molecule has 32 heteroatoms. The van der Waals surface area contributed by atoms with E-state index >= 15 is 0 Å². The van der Waals surface area contributed by atoms with Gasteiger partial charge >= 0.3 is 83.5 Å². The quantitative estimate of drug-likeness (QED) is 0.0842. The molecule has 346 valence electrons. The lowest BCUT2D eigenvalue weighted by molar-refractivity contribution is -0.423. The molecule has 0 amide bonds. The van der Waals surface area contributed by atoms with Crippen molar-refractivity contribution < 1.29 is 138 Å². The minimum Gasteiger partial charge on any atom is -0.462 e. The zero-order valence-corrected chi connectivity index (χ0v) is 28.0. The van der Waals surface area contributed by atoms with Gasteiger partial charge in [-0.1, -0.05) is 0 Å². The highest BCUT2D eigenvalue weighted by molar-refractivity contribution is 5.94. The van der Waals surface area contributed by atoms with Crippen LogP contribution in [0, 0.1) is 0 Å². The Bertz CT molecular complexity index is 1930. The van der Waals surface area contributed by atoms with Crippen LogP contribution in [0.4, 0.5) is 114 Å². The average molecular weight is 942 g/mol. The molecule has 0 bridgehead atoms. The van der Waals surface area contributed by atoms with E-state index in [1.54, 1.807) is 0 Å². The largest absolute Gasteiger partial charge is 0.462 e. The second-order valence-corrected chi connectivity index (χ2v) is 11.8. The summed E-state index contributed by atoms with van der Waals surface area (Å²) in [7, 11) is 0. The van der Waals surface area contributed by atoms with Crippen molar-refractivity contribution in [2.45, 2.75) is 105 Å². The maximum atomic E-state index is 14.9. The van der Waals surface area contributed by atoms with Crippen LogP contribution in [0.25, 0.3) is 11.0 Å². The van der Waals surface area contributed by atoms with Crippen LogP contribution in [0.3, 0.4) is 0 Å². The van der Waals surface area contributed by atoms with Crippen LogP contribution in [-0.4, -0.2) is 84.5 Å². The Hall–Kier alpha value is -4.32. The van der Waals surface area contributed by atoms with Crippen molar-refractivity contribution in [2.75, 3.05) is 6.61 Å². The van der Waals surface area contributed by atoms with Gasteiger partial charge in [0.05, 0.1) is 19.4 Å². The first kappa shape index (κ1) is 51.8. The van der Waals surface area contributed by atoms with E-state index in [0.717, 1.165) is 6.92 Å². The minimum absolute atomic E-state index is 0.163. The second-order valence-electron chi connectivity index (χ2n) is 11.8. The molecule has 0 spiro atoms. The number of halogens is 26. The molecule has 0 radical (unpaired) electrons. The second kappa shape index (κ2) is 15.5. The maximum absolute atomic E-state index is 14.9. The molecular formula is C28H16F26O6. The van der Waals surface area contributed by atoms with Crippen LogP contribution in [0.1, 0.15) is 43.0 Å². The SMILES string of the molecule is CCOC(=O)c1cc2ccc(OC(F)(F)CCC(F)(F)C(F)(F)C(F)(F)C(F)(F)C(F)(F)F)c(OC(F)(F)CCC(F)(F)C(F)(F)C(F)(F)C(F)(F)C(F)(F)F)c2oc1=O. The molecule has 0 atom stereocenters. The fourth-order valence-corrected chi connectivity index (χ4v) is 4.21. The lowest BCUT2D eigenvalue weighted by Gasteiger charge is -2.37. The lowest BCUT2D eigenvalue weighted by Crippen LogP contribution is -2.66. The number of carbonyl (C=O) groups is 1. The van der Waals surface area contributed by atoms with Gasteiger partial charge in [0.2, 0.25) is 5.75 Å². The molecule has 6 nitrogen and oxygen atoms in total. The summed E-state index contributed by atoms with van der Waals surface area (Å²) in [5.74, 6) is -68.2. The molecule has 0 aliphatic carbocycles. The molecule has 0 saturated heterocycles. The zero-order valence-electron chi connectivity index (χ0n) is 28.0. The van der Waals surface area contributed by atoms with Gasteiger partial charge in [-0.05, 0) is 25.1 Å². The normalized spacial score (nSPS) is 15.1. The summed E-state index contributed by atoms with van der Waals surface area (Å²) in [5.41, 5.74) is -5.06. The predicted molar refractivity (Wildman–Crippen MR) is 140 cm³/mol. The van der Waals surface area contributed by atoms with Gasteiger partial charge < -0.3 is 18.6 Å². The van der Waals surface area contributed by atoms with Crippen LogP contribution in [0.2, 0.25) is 0 Å². The van der Waals surface area contributed by atoms with Gasteiger partial charge in [0.15, 0.2) is 11.3 Å². The molecule has 0 N–H and O–H groups in total. The summed E-state index contributed by atoms with van der Waals surface area (Å²) >= 11 is 0.